The van der Waals surface area contributed by atoms with E-state index in [1.54, 1.807) is 0 Å². The number of anilines is 1. The number of nitrogens with zero attached hydrogens (tertiary/aromatic N) is 2. The Kier molecular flexibility index (Phi) is 6.87. The molecule has 1 heterocycles. The van der Waals surface area contributed by atoms with Gasteiger partial charge in [0.15, 0.2) is 0 Å². The van der Waals surface area contributed by atoms with Gasteiger partial charge in [0, 0.05) is 43.4 Å². The first kappa shape index (κ1) is 21.0. The maximum atomic E-state index is 13.7. The van der Waals surface area contributed by atoms with Crippen LogP contribution in [0.15, 0.2) is 47.4 Å². The minimum atomic E-state index is -4.07. The summed E-state index contributed by atoms with van der Waals surface area (Å²) in [5.74, 6) is -1.76. The van der Waals surface area contributed by atoms with Gasteiger partial charge in [0.05, 0.1) is 0 Å². The molecule has 1 fully saturated rings. The smallest absolute Gasteiger partial charge is 0.243 e. The number of benzene rings is 2. The second-order valence-electron chi connectivity index (χ2n) is 6.63. The Labute approximate surface area is 169 Å². The van der Waals surface area contributed by atoms with Gasteiger partial charge < -0.3 is 4.90 Å². The Morgan fingerprint density at radius 1 is 1.00 bits per heavy atom. The van der Waals surface area contributed by atoms with E-state index in [0.717, 1.165) is 50.5 Å². The SMILES string of the molecule is O=S(=O)(NCCCN1CCN(c2ccc(Cl)cc2)CC1)c1cc(F)ccc1F. The van der Waals surface area contributed by atoms with Crippen LogP contribution < -0.4 is 9.62 Å². The highest BCUT2D eigenvalue weighted by atomic mass is 35.5. The highest BCUT2D eigenvalue weighted by Gasteiger charge is 2.20. The normalized spacial score (nSPS) is 15.8. The number of sulfonamides is 1. The Hall–Kier alpha value is -1.74. The van der Waals surface area contributed by atoms with E-state index in [1.807, 2.05) is 24.3 Å². The van der Waals surface area contributed by atoms with Crippen molar-refractivity contribution in [3.8, 4) is 0 Å². The molecule has 1 aliphatic rings. The van der Waals surface area contributed by atoms with Crippen LogP contribution in [0.5, 0.6) is 0 Å². The van der Waals surface area contributed by atoms with Gasteiger partial charge in [0.2, 0.25) is 10.0 Å². The van der Waals surface area contributed by atoms with Gasteiger partial charge in [-0.3, -0.25) is 4.90 Å². The van der Waals surface area contributed by atoms with Gasteiger partial charge in [-0.05, 0) is 55.4 Å². The van der Waals surface area contributed by atoms with Crippen LogP contribution >= 0.6 is 11.6 Å². The van der Waals surface area contributed by atoms with Crippen molar-refractivity contribution in [1.82, 2.24) is 9.62 Å². The van der Waals surface area contributed by atoms with Gasteiger partial charge in [0.1, 0.15) is 16.5 Å². The molecular weight excluding hydrogens is 408 g/mol. The molecule has 2 aromatic carbocycles. The van der Waals surface area contributed by atoms with Crippen LogP contribution in [-0.4, -0.2) is 52.6 Å². The van der Waals surface area contributed by atoms with Crippen LogP contribution in [0.1, 0.15) is 6.42 Å². The van der Waals surface area contributed by atoms with E-state index >= 15 is 0 Å². The second-order valence-corrected chi connectivity index (χ2v) is 8.80. The van der Waals surface area contributed by atoms with Crippen LogP contribution in [0.25, 0.3) is 0 Å². The van der Waals surface area contributed by atoms with Gasteiger partial charge in [0.25, 0.3) is 0 Å². The van der Waals surface area contributed by atoms with E-state index in [-0.39, 0.29) is 6.54 Å². The summed E-state index contributed by atoms with van der Waals surface area (Å²) in [5.41, 5.74) is 1.13. The zero-order chi connectivity index (χ0) is 20.1. The second kappa shape index (κ2) is 9.17. The van der Waals surface area contributed by atoms with Crippen molar-refractivity contribution in [3.63, 3.8) is 0 Å². The molecule has 0 bridgehead atoms. The van der Waals surface area contributed by atoms with E-state index in [1.165, 1.54) is 0 Å². The summed E-state index contributed by atoms with van der Waals surface area (Å²) in [6.45, 7) is 4.38. The van der Waals surface area contributed by atoms with Crippen LogP contribution in [0.2, 0.25) is 5.02 Å². The predicted octanol–water partition coefficient (Wildman–Crippen LogP) is 3.11. The molecule has 1 N–H and O–H groups in total. The largest absolute Gasteiger partial charge is 0.369 e. The zero-order valence-electron chi connectivity index (χ0n) is 15.2. The number of piperazine rings is 1. The maximum absolute atomic E-state index is 13.7. The lowest BCUT2D eigenvalue weighted by atomic mass is 10.2. The van der Waals surface area contributed by atoms with Crippen molar-refractivity contribution in [1.29, 1.82) is 0 Å². The summed E-state index contributed by atoms with van der Waals surface area (Å²) in [5, 5.41) is 0.711. The van der Waals surface area contributed by atoms with Crippen molar-refractivity contribution in [2.75, 3.05) is 44.2 Å². The molecule has 0 aromatic heterocycles. The highest BCUT2D eigenvalue weighted by Crippen LogP contribution is 2.19. The molecule has 1 saturated heterocycles. The molecular formula is C19H22ClF2N3O2S. The lowest BCUT2D eigenvalue weighted by Gasteiger charge is -2.36. The fraction of sp³-hybridized carbons (Fsp3) is 0.368. The fourth-order valence-electron chi connectivity index (χ4n) is 3.15. The number of hydrogen-bond acceptors (Lipinski definition) is 4. The van der Waals surface area contributed by atoms with Gasteiger partial charge in [-0.15, -0.1) is 0 Å². The summed E-state index contributed by atoms with van der Waals surface area (Å²) < 4.78 is 53.5. The Balaban J connectivity index is 1.42. The van der Waals surface area contributed by atoms with Crippen LogP contribution in [0.3, 0.4) is 0 Å². The Morgan fingerprint density at radius 3 is 2.36 bits per heavy atom. The molecule has 152 valence electrons. The van der Waals surface area contributed by atoms with Gasteiger partial charge in [-0.25, -0.2) is 21.9 Å². The predicted molar refractivity (Wildman–Crippen MR) is 106 cm³/mol. The highest BCUT2D eigenvalue weighted by molar-refractivity contribution is 7.89. The monoisotopic (exact) mass is 429 g/mol. The van der Waals surface area contributed by atoms with Crippen molar-refractivity contribution in [2.45, 2.75) is 11.3 Å². The molecule has 5 nitrogen and oxygen atoms in total. The molecule has 0 spiro atoms. The summed E-state index contributed by atoms with van der Waals surface area (Å²) in [7, 11) is -4.07. The molecule has 0 amide bonds. The summed E-state index contributed by atoms with van der Waals surface area (Å²) in [6.07, 6.45) is 0.580. The third-order valence-electron chi connectivity index (χ3n) is 4.69. The Bertz CT molecular complexity index is 902. The topological polar surface area (TPSA) is 52.7 Å². The first-order valence-corrected chi connectivity index (χ1v) is 10.9. The van der Waals surface area contributed by atoms with E-state index in [2.05, 4.69) is 14.5 Å². The fourth-order valence-corrected chi connectivity index (χ4v) is 4.44. The summed E-state index contributed by atoms with van der Waals surface area (Å²) in [6, 6.07) is 10.1. The number of halogens is 3. The van der Waals surface area contributed by atoms with Gasteiger partial charge >= 0.3 is 0 Å². The van der Waals surface area contributed by atoms with E-state index < -0.39 is 26.6 Å². The first-order chi connectivity index (χ1) is 13.3. The molecule has 0 radical (unpaired) electrons. The summed E-state index contributed by atoms with van der Waals surface area (Å²) >= 11 is 5.92. The minimum Gasteiger partial charge on any atom is -0.369 e. The molecule has 28 heavy (non-hydrogen) atoms. The molecule has 2 aromatic rings. The number of nitrogens with one attached hydrogen (secondary N) is 1. The number of hydrogen-bond donors (Lipinski definition) is 1. The van der Waals surface area contributed by atoms with E-state index in [9.17, 15) is 17.2 Å². The molecule has 9 heteroatoms. The standard InChI is InChI=1S/C19H22ClF2N3O2S/c20-15-2-5-17(6-3-15)25-12-10-24(11-13-25)9-1-8-23-28(26,27)19-14-16(21)4-7-18(19)22/h2-7,14,23H,1,8-13H2. The van der Waals surface area contributed by atoms with Crippen LogP contribution in [0, 0.1) is 11.6 Å². The number of rotatable bonds is 7. The van der Waals surface area contributed by atoms with Crippen molar-refractivity contribution in [2.24, 2.45) is 0 Å². The Morgan fingerprint density at radius 2 is 1.68 bits per heavy atom. The lowest BCUT2D eigenvalue weighted by Crippen LogP contribution is -2.47. The molecule has 0 unspecified atom stereocenters. The average molecular weight is 430 g/mol. The minimum absolute atomic E-state index is 0.162. The molecule has 0 saturated carbocycles. The van der Waals surface area contributed by atoms with Gasteiger partial charge in [-0.2, -0.15) is 0 Å². The molecule has 1 aliphatic heterocycles. The maximum Gasteiger partial charge on any atom is 0.243 e. The molecule has 3 rings (SSSR count). The van der Waals surface area contributed by atoms with E-state index in [0.29, 0.717) is 17.5 Å². The zero-order valence-corrected chi connectivity index (χ0v) is 16.8. The third kappa shape index (κ3) is 5.41. The summed E-state index contributed by atoms with van der Waals surface area (Å²) in [4.78, 5) is 3.87. The molecule has 0 aliphatic carbocycles. The van der Waals surface area contributed by atoms with Crippen molar-refractivity contribution in [3.05, 3.63) is 59.1 Å². The first-order valence-electron chi connectivity index (χ1n) is 9.03. The van der Waals surface area contributed by atoms with E-state index in [4.69, 9.17) is 11.6 Å². The van der Waals surface area contributed by atoms with Crippen molar-refractivity contribution >= 4 is 27.3 Å². The molecule has 0 atom stereocenters. The third-order valence-corrected chi connectivity index (χ3v) is 6.42. The van der Waals surface area contributed by atoms with Crippen LogP contribution in [-0.2, 0) is 10.0 Å². The average Bonchev–Trinajstić information content (AvgIpc) is 2.68. The van der Waals surface area contributed by atoms with Gasteiger partial charge in [-0.1, -0.05) is 11.6 Å². The quantitative estimate of drug-likeness (QED) is 0.687. The van der Waals surface area contributed by atoms with Crippen LogP contribution in [0.4, 0.5) is 14.5 Å². The van der Waals surface area contributed by atoms with Crippen molar-refractivity contribution < 1.29 is 17.2 Å². The lowest BCUT2D eigenvalue weighted by molar-refractivity contribution is 0.255.